The van der Waals surface area contributed by atoms with Crippen molar-refractivity contribution in [1.29, 1.82) is 0 Å². The summed E-state index contributed by atoms with van der Waals surface area (Å²) >= 11 is 0. The second-order valence-electron chi connectivity index (χ2n) is 4.01. The maximum atomic E-state index is 11.6. The Labute approximate surface area is 112 Å². The number of amides is 1. The van der Waals surface area contributed by atoms with Crippen molar-refractivity contribution < 1.29 is 9.72 Å². The molecule has 0 radical (unpaired) electrons. The molecule has 102 valence electrons. The lowest BCUT2D eigenvalue weighted by Crippen LogP contribution is -2.26. The van der Waals surface area contributed by atoms with Gasteiger partial charge >= 0.3 is 0 Å². The Bertz CT molecular complexity index is 738. The summed E-state index contributed by atoms with van der Waals surface area (Å²) in [6.45, 7) is 0.0155. The molecule has 8 heteroatoms. The van der Waals surface area contributed by atoms with Crippen molar-refractivity contribution in [3.8, 4) is 0 Å². The molecular formula is C12H10N4O4. The molecule has 0 saturated carbocycles. The Morgan fingerprint density at radius 1 is 1.35 bits per heavy atom. The van der Waals surface area contributed by atoms with Crippen molar-refractivity contribution in [2.24, 2.45) is 5.73 Å². The van der Waals surface area contributed by atoms with Crippen LogP contribution in [-0.2, 0) is 6.54 Å². The third-order valence-electron chi connectivity index (χ3n) is 2.57. The van der Waals surface area contributed by atoms with Crippen LogP contribution < -0.4 is 11.3 Å². The van der Waals surface area contributed by atoms with E-state index >= 15 is 0 Å². The third-order valence-corrected chi connectivity index (χ3v) is 2.57. The Hall–Kier alpha value is -3.03. The Kier molecular flexibility index (Phi) is 3.56. The first-order valence-electron chi connectivity index (χ1n) is 5.58. The fourth-order valence-corrected chi connectivity index (χ4v) is 1.63. The molecular weight excluding hydrogens is 264 g/mol. The first kappa shape index (κ1) is 13.4. The molecule has 1 aromatic heterocycles. The summed E-state index contributed by atoms with van der Waals surface area (Å²) in [5.41, 5.74) is 5.05. The quantitative estimate of drug-likeness (QED) is 0.634. The van der Waals surface area contributed by atoms with Crippen LogP contribution in [0.4, 0.5) is 5.69 Å². The van der Waals surface area contributed by atoms with E-state index in [2.05, 4.69) is 5.10 Å². The minimum atomic E-state index is -0.752. The van der Waals surface area contributed by atoms with Gasteiger partial charge in [0.05, 0.1) is 11.5 Å². The lowest BCUT2D eigenvalue weighted by molar-refractivity contribution is -0.384. The van der Waals surface area contributed by atoms with Gasteiger partial charge in [0.25, 0.3) is 17.2 Å². The van der Waals surface area contributed by atoms with Gasteiger partial charge in [0.1, 0.15) is 5.69 Å². The Morgan fingerprint density at radius 2 is 2.10 bits per heavy atom. The maximum Gasteiger partial charge on any atom is 0.269 e. The van der Waals surface area contributed by atoms with Gasteiger partial charge in [-0.05, 0) is 11.6 Å². The minimum Gasteiger partial charge on any atom is -0.364 e. The van der Waals surface area contributed by atoms with Gasteiger partial charge in [-0.2, -0.15) is 5.10 Å². The van der Waals surface area contributed by atoms with Crippen molar-refractivity contribution in [3.63, 3.8) is 0 Å². The van der Waals surface area contributed by atoms with Crippen LogP contribution in [0.2, 0.25) is 0 Å². The van der Waals surface area contributed by atoms with E-state index in [4.69, 9.17) is 5.73 Å². The van der Waals surface area contributed by atoms with Crippen LogP contribution in [0.5, 0.6) is 0 Å². The smallest absolute Gasteiger partial charge is 0.269 e. The van der Waals surface area contributed by atoms with Gasteiger partial charge in [0, 0.05) is 18.2 Å². The molecule has 0 unspecified atom stereocenters. The highest BCUT2D eigenvalue weighted by Crippen LogP contribution is 2.13. The van der Waals surface area contributed by atoms with Gasteiger partial charge in [-0.15, -0.1) is 0 Å². The molecule has 1 heterocycles. The van der Waals surface area contributed by atoms with E-state index in [1.807, 2.05) is 0 Å². The molecule has 0 bridgehead atoms. The number of nitro benzene ring substituents is 1. The highest BCUT2D eigenvalue weighted by Gasteiger charge is 2.09. The van der Waals surface area contributed by atoms with E-state index in [0.717, 1.165) is 4.68 Å². The first-order chi connectivity index (χ1) is 9.47. The highest BCUT2D eigenvalue weighted by molar-refractivity contribution is 5.90. The average Bonchev–Trinajstić information content (AvgIpc) is 2.41. The standard InChI is InChI=1S/C12H10N4O4/c13-12(18)10-4-5-11(17)15(14-10)7-8-2-1-3-9(6-8)16(19)20/h1-6H,7H2,(H2,13,18). The molecule has 2 N–H and O–H groups in total. The summed E-state index contributed by atoms with van der Waals surface area (Å²) in [7, 11) is 0. The fourth-order valence-electron chi connectivity index (χ4n) is 1.63. The number of carbonyl (C=O) groups excluding carboxylic acids is 1. The number of nitrogens with two attached hydrogens (primary N) is 1. The van der Waals surface area contributed by atoms with Gasteiger partial charge in [0.15, 0.2) is 0 Å². The number of hydrogen-bond acceptors (Lipinski definition) is 5. The fraction of sp³-hybridized carbons (Fsp3) is 0.0833. The van der Waals surface area contributed by atoms with Crippen LogP contribution in [0.1, 0.15) is 16.1 Å². The van der Waals surface area contributed by atoms with E-state index in [1.165, 1.54) is 30.3 Å². The van der Waals surface area contributed by atoms with E-state index in [0.29, 0.717) is 5.56 Å². The number of non-ortho nitro benzene ring substituents is 1. The van der Waals surface area contributed by atoms with Crippen LogP contribution >= 0.6 is 0 Å². The number of benzene rings is 1. The topological polar surface area (TPSA) is 121 Å². The van der Waals surface area contributed by atoms with Crippen LogP contribution in [0.15, 0.2) is 41.2 Å². The van der Waals surface area contributed by atoms with Gasteiger partial charge in [0.2, 0.25) is 0 Å². The van der Waals surface area contributed by atoms with Gasteiger partial charge in [-0.1, -0.05) is 12.1 Å². The molecule has 0 aliphatic heterocycles. The molecule has 1 aromatic carbocycles. The van der Waals surface area contributed by atoms with Crippen molar-refractivity contribution in [1.82, 2.24) is 9.78 Å². The van der Waals surface area contributed by atoms with Gasteiger partial charge in [-0.25, -0.2) is 4.68 Å². The zero-order valence-electron chi connectivity index (χ0n) is 10.2. The Morgan fingerprint density at radius 3 is 2.75 bits per heavy atom. The number of carbonyl (C=O) groups is 1. The van der Waals surface area contributed by atoms with Crippen LogP contribution in [0, 0.1) is 10.1 Å². The molecule has 0 saturated heterocycles. The van der Waals surface area contributed by atoms with Gasteiger partial charge in [-0.3, -0.25) is 19.7 Å². The first-order valence-corrected chi connectivity index (χ1v) is 5.58. The molecule has 0 aliphatic carbocycles. The molecule has 2 aromatic rings. The molecule has 0 aliphatic rings. The SMILES string of the molecule is NC(=O)c1ccc(=O)n(Cc2cccc([N+](=O)[O-])c2)n1. The van der Waals surface area contributed by atoms with E-state index in [-0.39, 0.29) is 17.9 Å². The van der Waals surface area contributed by atoms with E-state index in [9.17, 15) is 19.7 Å². The van der Waals surface area contributed by atoms with Crippen molar-refractivity contribution in [2.45, 2.75) is 6.54 Å². The molecule has 1 amide bonds. The van der Waals surface area contributed by atoms with Crippen molar-refractivity contribution in [3.05, 3.63) is 68.1 Å². The number of nitrogens with zero attached hydrogens (tertiary/aromatic N) is 3. The lowest BCUT2D eigenvalue weighted by Gasteiger charge is -2.05. The summed E-state index contributed by atoms with van der Waals surface area (Å²) in [5.74, 6) is -0.752. The normalized spacial score (nSPS) is 10.2. The van der Waals surface area contributed by atoms with Crippen molar-refractivity contribution >= 4 is 11.6 Å². The predicted molar refractivity (Wildman–Crippen MR) is 69.2 cm³/mol. The number of rotatable bonds is 4. The molecule has 2 rings (SSSR count). The summed E-state index contributed by atoms with van der Waals surface area (Å²) < 4.78 is 1.03. The summed E-state index contributed by atoms with van der Waals surface area (Å²) in [6.07, 6.45) is 0. The second-order valence-corrected chi connectivity index (χ2v) is 4.01. The molecule has 20 heavy (non-hydrogen) atoms. The summed E-state index contributed by atoms with van der Waals surface area (Å²) in [4.78, 5) is 32.8. The molecule has 8 nitrogen and oxygen atoms in total. The van der Waals surface area contributed by atoms with Gasteiger partial charge < -0.3 is 5.73 Å². The van der Waals surface area contributed by atoms with E-state index < -0.39 is 16.4 Å². The summed E-state index contributed by atoms with van der Waals surface area (Å²) in [5, 5.41) is 14.5. The third kappa shape index (κ3) is 2.86. The van der Waals surface area contributed by atoms with Crippen LogP contribution in [0.3, 0.4) is 0 Å². The lowest BCUT2D eigenvalue weighted by atomic mass is 10.2. The number of primary amides is 1. The number of aromatic nitrogens is 2. The average molecular weight is 274 g/mol. The second kappa shape index (κ2) is 5.31. The monoisotopic (exact) mass is 274 g/mol. The molecule has 0 fully saturated rings. The molecule has 0 atom stereocenters. The maximum absolute atomic E-state index is 11.6. The minimum absolute atomic E-state index is 0.0155. The highest BCUT2D eigenvalue weighted by atomic mass is 16.6. The van der Waals surface area contributed by atoms with E-state index in [1.54, 1.807) is 6.07 Å². The van der Waals surface area contributed by atoms with Crippen LogP contribution in [-0.4, -0.2) is 20.6 Å². The number of hydrogen-bond donors (Lipinski definition) is 1. The Balaban J connectivity index is 2.37. The molecule has 0 spiro atoms. The van der Waals surface area contributed by atoms with Crippen molar-refractivity contribution in [2.75, 3.05) is 0 Å². The zero-order chi connectivity index (χ0) is 14.7. The largest absolute Gasteiger partial charge is 0.364 e. The van der Waals surface area contributed by atoms with Crippen LogP contribution in [0.25, 0.3) is 0 Å². The zero-order valence-corrected chi connectivity index (χ0v) is 10.2. The number of nitro groups is 1. The predicted octanol–water partition coefficient (Wildman–Crippen LogP) is 0.299. The summed E-state index contributed by atoms with van der Waals surface area (Å²) in [6, 6.07) is 8.22.